The molecule has 1 aliphatic carbocycles. The van der Waals surface area contributed by atoms with Gasteiger partial charge in [0.25, 0.3) is 5.91 Å². The monoisotopic (exact) mass is 457 g/mol. The molecule has 2 aromatic carbocycles. The minimum Gasteiger partial charge on any atom is -0.441 e. The van der Waals surface area contributed by atoms with E-state index in [1.54, 1.807) is 24.4 Å². The Morgan fingerprint density at radius 3 is 2.69 bits per heavy atom. The van der Waals surface area contributed by atoms with E-state index in [0.717, 1.165) is 6.07 Å². The van der Waals surface area contributed by atoms with Crippen molar-refractivity contribution in [2.24, 2.45) is 0 Å². The number of benzene rings is 2. The van der Waals surface area contributed by atoms with Crippen LogP contribution in [0.25, 0.3) is 0 Å². The van der Waals surface area contributed by atoms with E-state index in [0.29, 0.717) is 29.8 Å². The number of carbonyl (C=O) groups is 2. The molecule has 1 aliphatic rings. The van der Waals surface area contributed by atoms with Gasteiger partial charge >= 0.3 is 6.09 Å². The van der Waals surface area contributed by atoms with E-state index in [1.165, 1.54) is 24.3 Å². The fraction of sp³-hybridized carbons (Fsp3) is 0.174. The first-order valence-corrected chi connectivity index (χ1v) is 10.2. The van der Waals surface area contributed by atoms with Crippen LogP contribution in [-0.2, 0) is 17.7 Å². The van der Waals surface area contributed by atoms with Crippen molar-refractivity contribution in [3.8, 4) is 0 Å². The lowest BCUT2D eigenvalue weighted by molar-refractivity contribution is 0.0960. The second kappa shape index (κ2) is 9.32. The molecule has 1 aromatic heterocycles. The quantitative estimate of drug-likeness (QED) is 0.553. The summed E-state index contributed by atoms with van der Waals surface area (Å²) in [5, 5.41) is 5.09. The van der Waals surface area contributed by atoms with Crippen LogP contribution < -0.4 is 10.6 Å². The molecule has 0 unspecified atom stereocenters. The number of pyridine rings is 1. The molecule has 0 saturated carbocycles. The van der Waals surface area contributed by atoms with Gasteiger partial charge in [-0.2, -0.15) is 0 Å². The van der Waals surface area contributed by atoms with Gasteiger partial charge in [0.15, 0.2) is 0 Å². The van der Waals surface area contributed by atoms with Crippen LogP contribution >= 0.6 is 11.6 Å². The van der Waals surface area contributed by atoms with Gasteiger partial charge in [0.2, 0.25) is 0 Å². The van der Waals surface area contributed by atoms with Crippen molar-refractivity contribution >= 4 is 29.3 Å². The predicted octanol–water partition coefficient (Wildman–Crippen LogP) is 5.18. The summed E-state index contributed by atoms with van der Waals surface area (Å²) < 4.78 is 33.4. The van der Waals surface area contributed by atoms with E-state index >= 15 is 0 Å². The summed E-state index contributed by atoms with van der Waals surface area (Å²) in [5.41, 5.74) is 1.87. The van der Waals surface area contributed by atoms with Gasteiger partial charge in [-0.15, -0.1) is 0 Å². The number of hydrogen-bond donors (Lipinski definition) is 2. The van der Waals surface area contributed by atoms with Crippen molar-refractivity contribution in [3.05, 3.63) is 93.8 Å². The molecular weight excluding hydrogens is 440 g/mol. The number of halogens is 3. The summed E-state index contributed by atoms with van der Waals surface area (Å²) in [6.07, 6.45) is 0.788. The van der Waals surface area contributed by atoms with Crippen LogP contribution in [0.5, 0.6) is 0 Å². The summed E-state index contributed by atoms with van der Waals surface area (Å²) in [6, 6.07) is 11.7. The first-order valence-electron chi connectivity index (χ1n) is 9.84. The van der Waals surface area contributed by atoms with Crippen molar-refractivity contribution < 1.29 is 23.1 Å². The van der Waals surface area contributed by atoms with Gasteiger partial charge in [0.05, 0.1) is 17.3 Å². The molecule has 0 radical (unpaired) electrons. The standard InChI is InChI=1S/C23H18ClF2N3O3/c24-17-11-13(4-7-18(17)25)29-22(30)16-5-8-19(26)21-15(16)6-9-20(21)32-23(31)28-12-14-3-1-2-10-27-14/h1-5,7-8,10-11,20H,6,9,12H2,(H,28,31)(H,29,30)/t20-/m0/s1. The zero-order chi connectivity index (χ0) is 22.7. The highest BCUT2D eigenvalue weighted by atomic mass is 35.5. The molecule has 0 spiro atoms. The highest BCUT2D eigenvalue weighted by Gasteiger charge is 2.32. The lowest BCUT2D eigenvalue weighted by atomic mass is 10.0. The van der Waals surface area contributed by atoms with Gasteiger partial charge in [-0.05, 0) is 60.9 Å². The maximum atomic E-state index is 14.6. The van der Waals surface area contributed by atoms with Crippen molar-refractivity contribution in [1.29, 1.82) is 0 Å². The van der Waals surface area contributed by atoms with Crippen LogP contribution in [0.2, 0.25) is 5.02 Å². The van der Waals surface area contributed by atoms with E-state index in [2.05, 4.69) is 15.6 Å². The Hall–Kier alpha value is -3.52. The summed E-state index contributed by atoms with van der Waals surface area (Å²) in [7, 11) is 0. The molecule has 6 nitrogen and oxygen atoms in total. The molecule has 2 N–H and O–H groups in total. The van der Waals surface area contributed by atoms with Crippen LogP contribution in [-0.4, -0.2) is 17.0 Å². The molecular formula is C23H18ClF2N3O3. The van der Waals surface area contributed by atoms with E-state index in [4.69, 9.17) is 16.3 Å². The zero-order valence-electron chi connectivity index (χ0n) is 16.7. The molecule has 32 heavy (non-hydrogen) atoms. The largest absolute Gasteiger partial charge is 0.441 e. The lowest BCUT2D eigenvalue weighted by Crippen LogP contribution is -2.25. The van der Waals surface area contributed by atoms with Crippen molar-refractivity contribution in [3.63, 3.8) is 0 Å². The highest BCUT2D eigenvalue weighted by molar-refractivity contribution is 6.31. The Bertz CT molecular complexity index is 1170. The Balaban J connectivity index is 1.47. The predicted molar refractivity (Wildman–Crippen MR) is 114 cm³/mol. The Kier molecular flexibility index (Phi) is 6.32. The number of nitrogens with zero attached hydrogens (tertiary/aromatic N) is 1. The van der Waals surface area contributed by atoms with E-state index in [-0.39, 0.29) is 22.7 Å². The Labute approximate surface area is 187 Å². The van der Waals surface area contributed by atoms with Gasteiger partial charge in [-0.3, -0.25) is 9.78 Å². The average Bonchev–Trinajstić information content (AvgIpc) is 3.20. The number of fused-ring (bicyclic) bond motifs is 1. The molecule has 0 aliphatic heterocycles. The smallest absolute Gasteiger partial charge is 0.408 e. The summed E-state index contributed by atoms with van der Waals surface area (Å²) >= 11 is 5.76. The van der Waals surface area contributed by atoms with Crippen LogP contribution in [0.3, 0.4) is 0 Å². The molecule has 0 bridgehead atoms. The normalized spacial score (nSPS) is 14.5. The fourth-order valence-electron chi connectivity index (χ4n) is 3.61. The molecule has 9 heteroatoms. The minimum absolute atomic E-state index is 0.127. The lowest BCUT2D eigenvalue weighted by Gasteiger charge is -2.16. The van der Waals surface area contributed by atoms with Crippen LogP contribution in [0, 0.1) is 11.6 Å². The molecule has 164 valence electrons. The third-order valence-corrected chi connectivity index (χ3v) is 5.38. The Morgan fingerprint density at radius 2 is 1.94 bits per heavy atom. The van der Waals surface area contributed by atoms with Gasteiger partial charge in [0, 0.05) is 23.0 Å². The number of nitrogens with one attached hydrogen (secondary N) is 2. The number of alkyl carbamates (subject to hydrolysis) is 1. The van der Waals surface area contributed by atoms with Crippen LogP contribution in [0.15, 0.2) is 54.7 Å². The van der Waals surface area contributed by atoms with Crippen LogP contribution in [0.1, 0.15) is 39.7 Å². The average molecular weight is 458 g/mol. The SMILES string of the molecule is O=C(NCc1ccccn1)O[C@H]1CCc2c(C(=O)Nc3ccc(F)c(Cl)c3)ccc(F)c21. The third kappa shape index (κ3) is 4.70. The number of anilines is 1. The highest BCUT2D eigenvalue weighted by Crippen LogP contribution is 2.38. The maximum Gasteiger partial charge on any atom is 0.408 e. The molecule has 0 saturated heterocycles. The maximum absolute atomic E-state index is 14.6. The van der Waals surface area contributed by atoms with E-state index < -0.39 is 29.7 Å². The molecule has 1 heterocycles. The van der Waals surface area contributed by atoms with Crippen molar-refractivity contribution in [2.75, 3.05) is 5.32 Å². The first-order chi connectivity index (χ1) is 15.4. The van der Waals surface area contributed by atoms with Gasteiger partial charge in [-0.25, -0.2) is 13.6 Å². The van der Waals surface area contributed by atoms with Crippen molar-refractivity contribution in [2.45, 2.75) is 25.5 Å². The first kappa shape index (κ1) is 21.7. The summed E-state index contributed by atoms with van der Waals surface area (Å²) in [6.45, 7) is 0.171. The molecule has 1 atom stereocenters. The number of rotatable bonds is 5. The number of aromatic nitrogens is 1. The topological polar surface area (TPSA) is 80.3 Å². The van der Waals surface area contributed by atoms with Gasteiger partial charge in [-0.1, -0.05) is 17.7 Å². The molecule has 4 rings (SSSR count). The molecule has 0 fully saturated rings. The van der Waals surface area contributed by atoms with Crippen LogP contribution in [0.4, 0.5) is 19.3 Å². The molecule has 2 amide bonds. The van der Waals surface area contributed by atoms with Crippen molar-refractivity contribution in [1.82, 2.24) is 10.3 Å². The Morgan fingerprint density at radius 1 is 1.12 bits per heavy atom. The summed E-state index contributed by atoms with van der Waals surface area (Å²) in [5.74, 6) is -1.65. The number of hydrogen-bond acceptors (Lipinski definition) is 4. The number of carbonyl (C=O) groups excluding carboxylic acids is 2. The fourth-order valence-corrected chi connectivity index (χ4v) is 3.79. The van der Waals surface area contributed by atoms with E-state index in [9.17, 15) is 18.4 Å². The number of amides is 2. The zero-order valence-corrected chi connectivity index (χ0v) is 17.5. The third-order valence-electron chi connectivity index (χ3n) is 5.09. The second-order valence-electron chi connectivity index (χ2n) is 7.18. The van der Waals surface area contributed by atoms with Gasteiger partial charge < -0.3 is 15.4 Å². The summed E-state index contributed by atoms with van der Waals surface area (Å²) in [4.78, 5) is 29.1. The number of ether oxygens (including phenoxy) is 1. The van der Waals surface area contributed by atoms with Gasteiger partial charge in [0.1, 0.15) is 17.7 Å². The second-order valence-corrected chi connectivity index (χ2v) is 7.58. The molecule has 3 aromatic rings. The van der Waals surface area contributed by atoms with E-state index in [1.807, 2.05) is 0 Å². The minimum atomic E-state index is -0.818.